The first kappa shape index (κ1) is 16.3. The highest BCUT2D eigenvalue weighted by Crippen LogP contribution is 2.52. The Balaban J connectivity index is 1.83. The number of unbranched alkanes of at least 4 members (excludes halogenated alkanes) is 1. The first-order valence-corrected chi connectivity index (χ1v) is 8.97. The van der Waals surface area contributed by atoms with E-state index in [0.29, 0.717) is 6.54 Å². The molecule has 3 amide bonds. The fraction of sp³-hybridized carbons (Fsp3) is 0.526. The van der Waals surface area contributed by atoms with Crippen LogP contribution in [0.25, 0.3) is 0 Å². The van der Waals surface area contributed by atoms with Crippen molar-refractivity contribution in [3.63, 3.8) is 0 Å². The molecule has 3 aliphatic rings. The molecule has 0 aromatic heterocycles. The molecule has 1 spiro atoms. The van der Waals surface area contributed by atoms with Crippen LogP contribution in [0, 0.1) is 18.8 Å². The second-order valence-electron chi connectivity index (χ2n) is 7.43. The van der Waals surface area contributed by atoms with Gasteiger partial charge in [-0.1, -0.05) is 31.0 Å². The summed E-state index contributed by atoms with van der Waals surface area (Å²) in [7, 11) is 0. The van der Waals surface area contributed by atoms with Crippen LogP contribution in [-0.4, -0.2) is 35.2 Å². The van der Waals surface area contributed by atoms with E-state index in [1.165, 1.54) is 4.90 Å². The lowest BCUT2D eigenvalue weighted by molar-refractivity contribution is -0.142. The number of carbonyl (C=O) groups is 3. The fourth-order valence-electron chi connectivity index (χ4n) is 4.67. The molecule has 4 atom stereocenters. The third-order valence-corrected chi connectivity index (χ3v) is 5.84. The largest absolute Gasteiger partial charge is 0.324 e. The fourth-order valence-corrected chi connectivity index (χ4v) is 4.67. The summed E-state index contributed by atoms with van der Waals surface area (Å²) < 4.78 is 0. The smallest absolute Gasteiger partial charge is 0.250 e. The summed E-state index contributed by atoms with van der Waals surface area (Å²) in [6, 6.07) is 5.52. The summed E-state index contributed by atoms with van der Waals surface area (Å²) in [6.45, 7) is 6.32. The van der Waals surface area contributed by atoms with Crippen molar-refractivity contribution in [3.8, 4) is 0 Å². The summed E-state index contributed by atoms with van der Waals surface area (Å²) in [4.78, 5) is 40.4. The number of anilines is 1. The van der Waals surface area contributed by atoms with Crippen molar-refractivity contribution in [2.75, 3.05) is 11.9 Å². The first-order valence-electron chi connectivity index (χ1n) is 8.97. The van der Waals surface area contributed by atoms with Crippen molar-refractivity contribution in [3.05, 3.63) is 29.3 Å². The van der Waals surface area contributed by atoms with E-state index < -0.39 is 17.4 Å². The predicted octanol–water partition coefficient (Wildman–Crippen LogP) is 1.54. The van der Waals surface area contributed by atoms with Crippen molar-refractivity contribution >= 4 is 23.4 Å². The highest BCUT2D eigenvalue weighted by molar-refractivity contribution is 6.15. The van der Waals surface area contributed by atoms with Gasteiger partial charge in [-0.15, -0.1) is 0 Å². The van der Waals surface area contributed by atoms with Gasteiger partial charge in [-0.3, -0.25) is 24.6 Å². The number of aryl methyl sites for hydroxylation is 1. The van der Waals surface area contributed by atoms with Crippen LogP contribution in [0.15, 0.2) is 18.2 Å². The maximum Gasteiger partial charge on any atom is 0.250 e. The maximum atomic E-state index is 13.1. The summed E-state index contributed by atoms with van der Waals surface area (Å²) in [6.07, 6.45) is 1.70. The Hall–Kier alpha value is -2.21. The number of benzene rings is 1. The van der Waals surface area contributed by atoms with Gasteiger partial charge in [0.2, 0.25) is 17.7 Å². The van der Waals surface area contributed by atoms with Gasteiger partial charge >= 0.3 is 0 Å². The van der Waals surface area contributed by atoms with Gasteiger partial charge in [-0.2, -0.15) is 0 Å². The Morgan fingerprint density at radius 2 is 1.96 bits per heavy atom. The Bertz CT molecular complexity index is 790. The van der Waals surface area contributed by atoms with Crippen LogP contribution in [0.1, 0.15) is 37.8 Å². The number of amides is 3. The molecule has 0 bridgehead atoms. The molecule has 3 heterocycles. The van der Waals surface area contributed by atoms with E-state index in [1.807, 2.05) is 39.0 Å². The average Bonchev–Trinajstić information content (AvgIpc) is 3.12. The van der Waals surface area contributed by atoms with Crippen LogP contribution in [0.5, 0.6) is 0 Å². The van der Waals surface area contributed by atoms with Crippen LogP contribution < -0.4 is 10.6 Å². The first-order chi connectivity index (χ1) is 11.9. The molecule has 1 aromatic rings. The molecule has 0 saturated carbocycles. The number of carbonyl (C=O) groups excluding carboxylic acids is 3. The summed E-state index contributed by atoms with van der Waals surface area (Å²) in [5.41, 5.74) is 1.39. The molecule has 0 radical (unpaired) electrons. The van der Waals surface area contributed by atoms with Crippen LogP contribution in [-0.2, 0) is 19.9 Å². The van der Waals surface area contributed by atoms with Crippen molar-refractivity contribution in [1.29, 1.82) is 0 Å². The summed E-state index contributed by atoms with van der Waals surface area (Å²) in [5.74, 6) is -1.75. The molecule has 4 rings (SSSR count). The highest BCUT2D eigenvalue weighted by Gasteiger charge is 2.69. The number of fused-ring (bicyclic) bond motifs is 4. The second kappa shape index (κ2) is 5.39. The standard InChI is InChI=1S/C19H23N3O3/c1-4-5-8-22-16(23)14-11(3)21-19(15(14)17(22)24)12-9-10(2)6-7-13(12)20-18(19)25/h6-7,9,11,14-15,21H,4-5,8H2,1-3H3,(H,20,25)/t11-,14-,15+,19+/m1/s1. The van der Waals surface area contributed by atoms with E-state index in [9.17, 15) is 14.4 Å². The Morgan fingerprint density at radius 3 is 2.68 bits per heavy atom. The molecule has 1 aromatic carbocycles. The summed E-state index contributed by atoms with van der Waals surface area (Å²) >= 11 is 0. The van der Waals surface area contributed by atoms with Crippen LogP contribution in [0.4, 0.5) is 5.69 Å². The molecule has 132 valence electrons. The Morgan fingerprint density at radius 1 is 1.20 bits per heavy atom. The third-order valence-electron chi connectivity index (χ3n) is 5.84. The number of imide groups is 1. The minimum atomic E-state index is -1.14. The van der Waals surface area contributed by atoms with Crippen LogP contribution in [0.3, 0.4) is 0 Å². The normalized spacial score (nSPS) is 33.2. The van der Waals surface area contributed by atoms with Crippen molar-refractivity contribution in [2.45, 2.75) is 45.2 Å². The second-order valence-corrected chi connectivity index (χ2v) is 7.43. The predicted molar refractivity (Wildman–Crippen MR) is 92.7 cm³/mol. The van der Waals surface area contributed by atoms with E-state index in [4.69, 9.17) is 0 Å². The molecule has 0 aliphatic carbocycles. The lowest BCUT2D eigenvalue weighted by Gasteiger charge is -2.29. The lowest BCUT2D eigenvalue weighted by Crippen LogP contribution is -2.53. The van der Waals surface area contributed by atoms with Crippen LogP contribution in [0.2, 0.25) is 0 Å². The molecule has 2 saturated heterocycles. The molecule has 3 aliphatic heterocycles. The molecular weight excluding hydrogens is 318 g/mol. The minimum Gasteiger partial charge on any atom is -0.324 e. The van der Waals surface area contributed by atoms with Gasteiger partial charge in [-0.25, -0.2) is 0 Å². The van der Waals surface area contributed by atoms with Gasteiger partial charge in [0.25, 0.3) is 0 Å². The number of hydrogen-bond donors (Lipinski definition) is 2. The number of nitrogens with one attached hydrogen (secondary N) is 2. The number of rotatable bonds is 3. The van der Waals surface area contributed by atoms with Gasteiger partial charge < -0.3 is 5.32 Å². The quantitative estimate of drug-likeness (QED) is 0.818. The molecule has 2 fully saturated rings. The van der Waals surface area contributed by atoms with Crippen molar-refractivity contribution < 1.29 is 14.4 Å². The number of nitrogens with zero attached hydrogens (tertiary/aromatic N) is 1. The van der Waals surface area contributed by atoms with E-state index in [0.717, 1.165) is 29.7 Å². The van der Waals surface area contributed by atoms with E-state index in [1.54, 1.807) is 0 Å². The maximum absolute atomic E-state index is 13.1. The molecular formula is C19H23N3O3. The minimum absolute atomic E-state index is 0.144. The Labute approximate surface area is 147 Å². The molecule has 6 heteroatoms. The zero-order valence-corrected chi connectivity index (χ0v) is 14.8. The van der Waals surface area contributed by atoms with Crippen molar-refractivity contribution in [1.82, 2.24) is 10.2 Å². The van der Waals surface area contributed by atoms with E-state index in [2.05, 4.69) is 10.6 Å². The molecule has 25 heavy (non-hydrogen) atoms. The van der Waals surface area contributed by atoms with Gasteiger partial charge in [0.15, 0.2) is 0 Å². The van der Waals surface area contributed by atoms with Crippen molar-refractivity contribution in [2.24, 2.45) is 11.8 Å². The average molecular weight is 341 g/mol. The van der Waals surface area contributed by atoms with Crippen LogP contribution >= 0.6 is 0 Å². The van der Waals surface area contributed by atoms with E-state index in [-0.39, 0.29) is 23.8 Å². The van der Waals surface area contributed by atoms with Gasteiger partial charge in [0.05, 0.1) is 11.8 Å². The van der Waals surface area contributed by atoms with Gasteiger partial charge in [0.1, 0.15) is 5.54 Å². The molecule has 6 nitrogen and oxygen atoms in total. The van der Waals surface area contributed by atoms with E-state index >= 15 is 0 Å². The molecule has 0 unspecified atom stereocenters. The Kier molecular flexibility index (Phi) is 3.51. The number of likely N-dealkylation sites (tertiary alicyclic amines) is 1. The zero-order chi connectivity index (χ0) is 17.9. The summed E-state index contributed by atoms with van der Waals surface area (Å²) in [5, 5.41) is 6.22. The lowest BCUT2D eigenvalue weighted by atomic mass is 9.76. The highest BCUT2D eigenvalue weighted by atomic mass is 16.2. The third kappa shape index (κ3) is 1.97. The number of hydrogen-bond acceptors (Lipinski definition) is 4. The van der Waals surface area contributed by atoms with Gasteiger partial charge in [-0.05, 0) is 26.3 Å². The monoisotopic (exact) mass is 341 g/mol. The SMILES string of the molecule is CCCCN1C(=O)[C@H]2[C@@H](C1=O)[C@]1(N[C@@H]2C)C(=O)Nc2ccc(C)cc21. The molecule has 2 N–H and O–H groups in total. The zero-order valence-electron chi connectivity index (χ0n) is 14.8. The van der Waals surface area contributed by atoms with Gasteiger partial charge in [0, 0.05) is 23.8 Å². The topological polar surface area (TPSA) is 78.5 Å².